The molecule has 30 heavy (non-hydrogen) atoms. The average Bonchev–Trinajstić information content (AvgIpc) is 3.14. The van der Waals surface area contributed by atoms with Crippen LogP contribution >= 0.6 is 11.8 Å². The van der Waals surface area contributed by atoms with E-state index in [1.807, 2.05) is 25.1 Å². The second kappa shape index (κ2) is 9.75. The van der Waals surface area contributed by atoms with E-state index in [4.69, 9.17) is 0 Å². The van der Waals surface area contributed by atoms with Crippen molar-refractivity contribution in [1.82, 2.24) is 29.8 Å². The van der Waals surface area contributed by atoms with Gasteiger partial charge in [-0.2, -0.15) is 0 Å². The number of carbonyl (C=O) groups excluding carboxylic acids is 2. The quantitative estimate of drug-likeness (QED) is 0.531. The van der Waals surface area contributed by atoms with Crippen LogP contribution in [0, 0.1) is 5.92 Å². The van der Waals surface area contributed by atoms with Crippen molar-refractivity contribution in [1.29, 1.82) is 0 Å². The molecule has 0 fully saturated rings. The molecule has 0 unspecified atom stereocenters. The molecule has 2 aromatic heterocycles. The largest absolute Gasteiger partial charge is 0.338 e. The van der Waals surface area contributed by atoms with E-state index >= 15 is 0 Å². The summed E-state index contributed by atoms with van der Waals surface area (Å²) in [7, 11) is 0. The Morgan fingerprint density at radius 1 is 1.20 bits per heavy atom. The fourth-order valence-corrected chi connectivity index (χ4v) is 3.73. The molecule has 0 atom stereocenters. The van der Waals surface area contributed by atoms with Crippen LogP contribution in [-0.4, -0.2) is 43.4 Å². The van der Waals surface area contributed by atoms with Gasteiger partial charge in [-0.1, -0.05) is 44.7 Å². The van der Waals surface area contributed by atoms with Crippen molar-refractivity contribution in [3.63, 3.8) is 0 Å². The summed E-state index contributed by atoms with van der Waals surface area (Å²) < 4.78 is 3.43. The maximum absolute atomic E-state index is 13.0. The smallest absolute Gasteiger partial charge is 0.321 e. The van der Waals surface area contributed by atoms with Crippen molar-refractivity contribution in [2.75, 3.05) is 12.3 Å². The fraction of sp³-hybridized carbons (Fsp3) is 0.450. The first-order valence-electron chi connectivity index (χ1n) is 9.99. The Morgan fingerprint density at radius 3 is 2.70 bits per heavy atom. The van der Waals surface area contributed by atoms with E-state index in [1.165, 1.54) is 11.8 Å². The van der Waals surface area contributed by atoms with E-state index in [1.54, 1.807) is 15.0 Å². The first kappa shape index (κ1) is 21.8. The van der Waals surface area contributed by atoms with Crippen molar-refractivity contribution >= 4 is 40.4 Å². The van der Waals surface area contributed by atoms with Gasteiger partial charge < -0.3 is 5.32 Å². The lowest BCUT2D eigenvalue weighted by Gasteiger charge is -2.12. The summed E-state index contributed by atoms with van der Waals surface area (Å²) in [6, 6.07) is 6.77. The second-order valence-corrected chi connectivity index (χ2v) is 8.31. The highest BCUT2D eigenvalue weighted by atomic mass is 32.2. The van der Waals surface area contributed by atoms with Crippen LogP contribution in [0.4, 0.5) is 4.79 Å². The zero-order valence-corrected chi connectivity index (χ0v) is 18.2. The normalized spacial score (nSPS) is 11.3. The van der Waals surface area contributed by atoms with Gasteiger partial charge in [0, 0.05) is 13.1 Å². The Bertz CT molecular complexity index is 1120. The van der Waals surface area contributed by atoms with Crippen LogP contribution in [0.5, 0.6) is 0 Å². The third kappa shape index (κ3) is 4.81. The predicted octanol–water partition coefficient (Wildman–Crippen LogP) is 2.42. The third-order valence-electron chi connectivity index (χ3n) is 4.53. The summed E-state index contributed by atoms with van der Waals surface area (Å²) in [5, 5.41) is 14.4. The molecule has 2 heterocycles. The monoisotopic (exact) mass is 430 g/mol. The summed E-state index contributed by atoms with van der Waals surface area (Å²) in [5.74, 6) is 0.452. The molecular formula is C20H26N6O3S. The van der Waals surface area contributed by atoms with Crippen molar-refractivity contribution in [3.8, 4) is 0 Å². The number of aryl methyl sites for hydroxylation is 1. The first-order valence-corrected chi connectivity index (χ1v) is 11.0. The number of amides is 3. The van der Waals surface area contributed by atoms with Gasteiger partial charge in [-0.15, -0.1) is 10.2 Å². The maximum atomic E-state index is 13.0. The van der Waals surface area contributed by atoms with Gasteiger partial charge >= 0.3 is 6.03 Å². The van der Waals surface area contributed by atoms with Crippen molar-refractivity contribution < 1.29 is 9.59 Å². The molecule has 10 heteroatoms. The number of imide groups is 1. The Labute approximate surface area is 178 Å². The van der Waals surface area contributed by atoms with Crippen LogP contribution in [0.2, 0.25) is 0 Å². The molecule has 0 aliphatic heterocycles. The Hall–Kier alpha value is -2.88. The maximum Gasteiger partial charge on any atom is 0.321 e. The molecular weight excluding hydrogens is 404 g/mol. The number of para-hydroxylation sites is 1. The molecule has 3 rings (SSSR count). The predicted molar refractivity (Wildman–Crippen MR) is 117 cm³/mol. The minimum Gasteiger partial charge on any atom is -0.338 e. The number of nitrogens with one attached hydrogen (secondary N) is 2. The van der Waals surface area contributed by atoms with Crippen LogP contribution in [0.25, 0.3) is 16.7 Å². The zero-order chi connectivity index (χ0) is 21.7. The number of fused-ring (bicyclic) bond motifs is 3. The van der Waals surface area contributed by atoms with Crippen molar-refractivity contribution in [2.45, 2.75) is 45.3 Å². The van der Waals surface area contributed by atoms with Crippen LogP contribution in [-0.2, 0) is 11.3 Å². The van der Waals surface area contributed by atoms with Crippen LogP contribution in [0.3, 0.4) is 0 Å². The molecule has 9 nitrogen and oxygen atoms in total. The minimum atomic E-state index is -0.512. The van der Waals surface area contributed by atoms with E-state index in [-0.39, 0.29) is 11.3 Å². The molecule has 1 aromatic carbocycles. The molecule has 0 aliphatic carbocycles. The Morgan fingerprint density at radius 2 is 1.97 bits per heavy atom. The highest BCUT2D eigenvalue weighted by molar-refractivity contribution is 7.99. The summed E-state index contributed by atoms with van der Waals surface area (Å²) in [5.41, 5.74) is 0.583. The lowest BCUT2D eigenvalue weighted by molar-refractivity contribution is -0.117. The van der Waals surface area contributed by atoms with E-state index < -0.39 is 11.9 Å². The molecule has 0 spiro atoms. The van der Waals surface area contributed by atoms with Crippen molar-refractivity contribution in [2.24, 2.45) is 5.92 Å². The zero-order valence-electron chi connectivity index (χ0n) is 17.3. The van der Waals surface area contributed by atoms with Crippen molar-refractivity contribution in [3.05, 3.63) is 34.6 Å². The standard InChI is InChI=1S/C20H26N6O3S/c1-4-10-21-18(29)22-16(27)12-30-20-24-23-19-25(11-9-13(2)3)17(28)14-7-5-6-8-15(14)26(19)20/h5-8,13H,4,9-12H2,1-3H3,(H2,21,22,27,29). The lowest BCUT2D eigenvalue weighted by atomic mass is 10.1. The molecule has 0 radical (unpaired) electrons. The van der Waals surface area contributed by atoms with Gasteiger partial charge in [-0.05, 0) is 30.9 Å². The number of urea groups is 1. The topological polar surface area (TPSA) is 110 Å². The van der Waals surface area contributed by atoms with E-state index in [0.717, 1.165) is 12.8 Å². The number of rotatable bonds is 8. The molecule has 2 N–H and O–H groups in total. The molecule has 160 valence electrons. The van der Waals surface area contributed by atoms with Crippen LogP contribution < -0.4 is 16.2 Å². The second-order valence-electron chi connectivity index (χ2n) is 7.37. The molecule has 3 aromatic rings. The van der Waals surface area contributed by atoms with Crippen LogP contribution in [0.1, 0.15) is 33.6 Å². The summed E-state index contributed by atoms with van der Waals surface area (Å²) in [4.78, 5) is 36.8. The minimum absolute atomic E-state index is 0.000213. The number of carbonyl (C=O) groups is 2. The highest BCUT2D eigenvalue weighted by Crippen LogP contribution is 2.21. The summed E-state index contributed by atoms with van der Waals surface area (Å²) >= 11 is 1.17. The van der Waals surface area contributed by atoms with Gasteiger partial charge in [0.1, 0.15) is 0 Å². The van der Waals surface area contributed by atoms with Crippen LogP contribution in [0.15, 0.2) is 34.2 Å². The van der Waals surface area contributed by atoms with Gasteiger partial charge in [0.25, 0.3) is 5.56 Å². The molecule has 0 aliphatic rings. The molecule has 0 saturated heterocycles. The number of hydrogen-bond acceptors (Lipinski definition) is 6. The van der Waals surface area contributed by atoms with Gasteiger partial charge in [0.2, 0.25) is 11.7 Å². The third-order valence-corrected chi connectivity index (χ3v) is 5.46. The summed E-state index contributed by atoms with van der Waals surface area (Å²) in [6.45, 7) is 7.17. The van der Waals surface area contributed by atoms with E-state index in [2.05, 4.69) is 34.7 Å². The first-order chi connectivity index (χ1) is 14.4. The number of aromatic nitrogens is 4. The van der Waals surface area contributed by atoms with E-state index in [0.29, 0.717) is 40.8 Å². The Balaban J connectivity index is 1.90. The van der Waals surface area contributed by atoms with Gasteiger partial charge in [-0.3, -0.25) is 23.9 Å². The summed E-state index contributed by atoms with van der Waals surface area (Å²) in [6.07, 6.45) is 1.62. The molecule has 0 bridgehead atoms. The number of nitrogens with zero attached hydrogens (tertiary/aromatic N) is 4. The lowest BCUT2D eigenvalue weighted by Crippen LogP contribution is -2.40. The van der Waals surface area contributed by atoms with Gasteiger partial charge in [0.15, 0.2) is 5.16 Å². The van der Waals surface area contributed by atoms with Gasteiger partial charge in [-0.25, -0.2) is 4.79 Å². The highest BCUT2D eigenvalue weighted by Gasteiger charge is 2.18. The number of thioether (sulfide) groups is 1. The molecule has 0 saturated carbocycles. The average molecular weight is 431 g/mol. The Kier molecular flexibility index (Phi) is 7.09. The SMILES string of the molecule is CCCNC(=O)NC(=O)CSc1nnc2n(CCC(C)C)c(=O)c3ccccc3n12. The number of hydrogen-bond donors (Lipinski definition) is 2. The van der Waals surface area contributed by atoms with Gasteiger partial charge in [0.05, 0.1) is 16.7 Å². The van der Waals surface area contributed by atoms with E-state index in [9.17, 15) is 14.4 Å². The number of benzene rings is 1. The molecule has 3 amide bonds. The fourth-order valence-electron chi connectivity index (χ4n) is 2.99.